The number of hydrogen-bond donors (Lipinski definition) is 0. The van der Waals surface area contributed by atoms with Crippen LogP contribution in [-0.4, -0.2) is 0 Å². The van der Waals surface area contributed by atoms with Crippen molar-refractivity contribution in [1.29, 1.82) is 0 Å². The molecule has 0 amide bonds. The van der Waals surface area contributed by atoms with Crippen molar-refractivity contribution in [2.24, 2.45) is 0 Å². The van der Waals surface area contributed by atoms with Crippen molar-refractivity contribution in [2.45, 2.75) is 141 Å². The smallest absolute Gasteiger partial charge is 0.166 e. The van der Waals surface area contributed by atoms with Gasteiger partial charge >= 0.3 is 12.4 Å². The van der Waals surface area contributed by atoms with Crippen LogP contribution in [-0.2, 0) is 12.4 Å². The van der Waals surface area contributed by atoms with Crippen LogP contribution < -0.4 is 0 Å². The van der Waals surface area contributed by atoms with E-state index in [0.717, 1.165) is 37.8 Å². The number of unbranched alkanes of at least 4 members (excludes halogenated alkanes) is 15. The zero-order chi connectivity index (χ0) is 25.5. The molecule has 1 aromatic carbocycles. The van der Waals surface area contributed by atoms with E-state index in [9.17, 15) is 26.3 Å². The van der Waals surface area contributed by atoms with E-state index in [1.807, 2.05) is 0 Å². The minimum absolute atomic E-state index is 0.0403. The van der Waals surface area contributed by atoms with E-state index in [1.165, 1.54) is 77.0 Å². The lowest BCUT2D eigenvalue weighted by Crippen LogP contribution is -2.14. The van der Waals surface area contributed by atoms with Crippen LogP contribution in [0.1, 0.15) is 146 Å². The van der Waals surface area contributed by atoms with Crippen LogP contribution in [0.4, 0.5) is 26.3 Å². The number of hydrogen-bond acceptors (Lipinski definition) is 0. The number of halogens is 6. The molecular weight excluding hydrogens is 450 g/mol. The van der Waals surface area contributed by atoms with Gasteiger partial charge in [0.05, 0.1) is 11.1 Å². The van der Waals surface area contributed by atoms with Gasteiger partial charge in [-0.3, -0.25) is 0 Å². The van der Waals surface area contributed by atoms with Crippen LogP contribution in [0, 0.1) is 0 Å². The molecule has 0 aliphatic heterocycles. The molecular formula is C28H44F6. The van der Waals surface area contributed by atoms with Crippen molar-refractivity contribution in [3.63, 3.8) is 0 Å². The van der Waals surface area contributed by atoms with Crippen LogP contribution in [0.3, 0.4) is 0 Å². The summed E-state index contributed by atoms with van der Waals surface area (Å²) in [7, 11) is 0. The van der Waals surface area contributed by atoms with Gasteiger partial charge in [0.2, 0.25) is 0 Å². The molecule has 0 N–H and O–H groups in total. The quantitative estimate of drug-likeness (QED) is 0.141. The molecule has 0 aliphatic carbocycles. The van der Waals surface area contributed by atoms with Gasteiger partial charge in [-0.05, 0) is 30.0 Å². The highest BCUT2D eigenvalue weighted by Crippen LogP contribution is 2.40. The summed E-state index contributed by atoms with van der Waals surface area (Å²) < 4.78 is 78.5. The molecule has 0 aliphatic rings. The standard InChI is InChI=1S/C28H44F6/c1-3-4-5-6-7-8-9-10-11-12-13-14-15-16-17-18-19-23(2)25-21-20-24(27(29,30)31)22-26(25)28(32,33)34/h20-23H,3-19H2,1-2H3. The third-order valence-corrected chi connectivity index (χ3v) is 6.71. The fraction of sp³-hybridized carbons (Fsp3) is 0.786. The highest BCUT2D eigenvalue weighted by molar-refractivity contribution is 5.37. The third-order valence-electron chi connectivity index (χ3n) is 6.71. The van der Waals surface area contributed by atoms with Gasteiger partial charge in [-0.15, -0.1) is 0 Å². The summed E-state index contributed by atoms with van der Waals surface area (Å²) in [6, 6.07) is 2.01. The maximum Gasteiger partial charge on any atom is 0.416 e. The van der Waals surface area contributed by atoms with E-state index >= 15 is 0 Å². The first kappa shape index (κ1) is 30.8. The van der Waals surface area contributed by atoms with Crippen LogP contribution in [0.15, 0.2) is 18.2 Å². The lowest BCUT2D eigenvalue weighted by molar-refractivity contribution is -0.143. The molecule has 0 aromatic heterocycles. The highest BCUT2D eigenvalue weighted by Gasteiger charge is 2.38. The Balaban J connectivity index is 2.17. The van der Waals surface area contributed by atoms with E-state index < -0.39 is 29.4 Å². The fourth-order valence-electron chi connectivity index (χ4n) is 4.56. The predicted octanol–water partition coefficient (Wildman–Crippen LogP) is 11.5. The molecule has 1 aromatic rings. The molecule has 0 bridgehead atoms. The van der Waals surface area contributed by atoms with Crippen molar-refractivity contribution in [3.8, 4) is 0 Å². The summed E-state index contributed by atoms with van der Waals surface area (Å²) in [6.45, 7) is 3.91. The first-order valence-corrected chi connectivity index (χ1v) is 13.4. The second-order valence-corrected chi connectivity index (χ2v) is 9.79. The zero-order valence-electron chi connectivity index (χ0n) is 21.1. The fourth-order valence-corrected chi connectivity index (χ4v) is 4.56. The molecule has 6 heteroatoms. The molecule has 1 atom stereocenters. The molecule has 0 nitrogen and oxygen atoms in total. The summed E-state index contributed by atoms with van der Waals surface area (Å²) in [5.41, 5.74) is -2.45. The van der Waals surface area contributed by atoms with Gasteiger partial charge in [0, 0.05) is 0 Å². The van der Waals surface area contributed by atoms with Crippen molar-refractivity contribution < 1.29 is 26.3 Å². The van der Waals surface area contributed by atoms with E-state index in [4.69, 9.17) is 0 Å². The van der Waals surface area contributed by atoms with Crippen LogP contribution >= 0.6 is 0 Å². The topological polar surface area (TPSA) is 0 Å². The van der Waals surface area contributed by atoms with Gasteiger partial charge in [0.1, 0.15) is 0 Å². The molecule has 1 rings (SSSR count). The molecule has 0 radical (unpaired) electrons. The summed E-state index contributed by atoms with van der Waals surface area (Å²) in [5, 5.41) is 0. The maximum atomic E-state index is 13.3. The van der Waals surface area contributed by atoms with Gasteiger partial charge in [0.25, 0.3) is 0 Å². The molecule has 1 unspecified atom stereocenters. The second-order valence-electron chi connectivity index (χ2n) is 9.79. The Morgan fingerprint density at radius 3 is 1.38 bits per heavy atom. The largest absolute Gasteiger partial charge is 0.416 e. The number of rotatable bonds is 18. The Hall–Kier alpha value is -1.20. The maximum absolute atomic E-state index is 13.3. The first-order valence-electron chi connectivity index (χ1n) is 13.4. The van der Waals surface area contributed by atoms with Gasteiger partial charge in [0.15, 0.2) is 0 Å². The van der Waals surface area contributed by atoms with Crippen molar-refractivity contribution >= 4 is 0 Å². The Kier molecular flexibility index (Phi) is 14.9. The zero-order valence-corrected chi connectivity index (χ0v) is 21.1. The molecule has 34 heavy (non-hydrogen) atoms. The molecule has 0 spiro atoms. The van der Waals surface area contributed by atoms with E-state index in [0.29, 0.717) is 6.42 Å². The van der Waals surface area contributed by atoms with E-state index in [-0.39, 0.29) is 11.6 Å². The molecule has 0 saturated heterocycles. The molecule has 0 saturated carbocycles. The average Bonchev–Trinajstić information content (AvgIpc) is 2.77. The van der Waals surface area contributed by atoms with Crippen LogP contribution in [0.2, 0.25) is 0 Å². The number of alkyl halides is 6. The Morgan fingerprint density at radius 1 is 0.588 bits per heavy atom. The van der Waals surface area contributed by atoms with Crippen molar-refractivity contribution in [1.82, 2.24) is 0 Å². The molecule has 198 valence electrons. The summed E-state index contributed by atoms with van der Waals surface area (Å²) in [6.07, 6.45) is 10.7. The molecule has 0 heterocycles. The highest BCUT2D eigenvalue weighted by atomic mass is 19.4. The average molecular weight is 495 g/mol. The monoisotopic (exact) mass is 494 g/mol. The van der Waals surface area contributed by atoms with E-state index in [2.05, 4.69) is 6.92 Å². The number of benzene rings is 1. The van der Waals surface area contributed by atoms with Gasteiger partial charge in [-0.2, -0.15) is 26.3 Å². The van der Waals surface area contributed by atoms with Crippen molar-refractivity contribution in [2.75, 3.05) is 0 Å². The van der Waals surface area contributed by atoms with Gasteiger partial charge in [-0.25, -0.2) is 0 Å². The summed E-state index contributed by atoms with van der Waals surface area (Å²) >= 11 is 0. The first-order chi connectivity index (χ1) is 16.1. The predicted molar refractivity (Wildman–Crippen MR) is 129 cm³/mol. The van der Waals surface area contributed by atoms with Crippen molar-refractivity contribution in [3.05, 3.63) is 34.9 Å². The lowest BCUT2D eigenvalue weighted by Gasteiger charge is -2.20. The second kappa shape index (κ2) is 16.5. The Bertz CT molecular complexity index is 647. The lowest BCUT2D eigenvalue weighted by atomic mass is 9.89. The normalized spacial score (nSPS) is 13.4. The van der Waals surface area contributed by atoms with E-state index in [1.54, 1.807) is 6.92 Å². The SMILES string of the molecule is CCCCCCCCCCCCCCCCCCC(C)c1ccc(C(F)(F)F)cc1C(F)(F)F. The van der Waals surface area contributed by atoms with Crippen LogP contribution in [0.5, 0.6) is 0 Å². The minimum atomic E-state index is -4.79. The molecule has 0 fully saturated rings. The van der Waals surface area contributed by atoms with Gasteiger partial charge in [-0.1, -0.05) is 123 Å². The third kappa shape index (κ3) is 13.0. The van der Waals surface area contributed by atoms with Gasteiger partial charge < -0.3 is 0 Å². The Labute approximate surface area is 202 Å². The summed E-state index contributed by atoms with van der Waals surface area (Å²) in [4.78, 5) is 0. The summed E-state index contributed by atoms with van der Waals surface area (Å²) in [5.74, 6) is -0.425. The minimum Gasteiger partial charge on any atom is -0.166 e. The Morgan fingerprint density at radius 2 is 1.00 bits per heavy atom. The van der Waals surface area contributed by atoms with Crippen LogP contribution in [0.25, 0.3) is 0 Å².